The van der Waals surface area contributed by atoms with Crippen LogP contribution in [0.2, 0.25) is 5.02 Å². The van der Waals surface area contributed by atoms with Gasteiger partial charge in [-0.05, 0) is 67.5 Å². The molecule has 2 aliphatic heterocycles. The second kappa shape index (κ2) is 8.12. The average molecular weight is 439 g/mol. The molecule has 2 aliphatic rings. The number of anilines is 1. The van der Waals surface area contributed by atoms with Crippen molar-refractivity contribution in [2.75, 3.05) is 11.4 Å². The number of fused-ring (bicyclic) bond motifs is 2. The molecule has 4 nitrogen and oxygen atoms in total. The van der Waals surface area contributed by atoms with E-state index in [0.29, 0.717) is 40.5 Å². The molecule has 0 unspecified atom stereocenters. The molecule has 2 fully saturated rings. The molecule has 4 rings (SSSR count). The van der Waals surface area contributed by atoms with Crippen LogP contribution in [-0.4, -0.2) is 29.8 Å². The highest BCUT2D eigenvalue weighted by molar-refractivity contribution is 6.31. The highest BCUT2D eigenvalue weighted by atomic mass is 35.5. The summed E-state index contributed by atoms with van der Waals surface area (Å²) in [5, 5.41) is 13.9. The van der Waals surface area contributed by atoms with Crippen LogP contribution in [0.1, 0.15) is 31.2 Å². The number of hydrogen-bond acceptors (Lipinski definition) is 2. The first kappa shape index (κ1) is 21.0. The third kappa shape index (κ3) is 4.42. The van der Waals surface area contributed by atoms with Crippen molar-refractivity contribution in [1.82, 2.24) is 5.32 Å². The number of piperidine rings is 1. The smallest absolute Gasteiger partial charge is 0.416 e. The summed E-state index contributed by atoms with van der Waals surface area (Å²) < 4.78 is 38.7. The maximum atomic E-state index is 12.9. The Bertz CT molecular complexity index is 921. The fourth-order valence-electron chi connectivity index (χ4n) is 4.68. The van der Waals surface area contributed by atoms with Gasteiger partial charge in [0.2, 0.25) is 0 Å². The van der Waals surface area contributed by atoms with E-state index in [4.69, 9.17) is 11.6 Å². The topological polar surface area (TPSA) is 52.6 Å². The van der Waals surface area contributed by atoms with E-state index < -0.39 is 17.8 Å². The molecule has 8 heteroatoms. The van der Waals surface area contributed by atoms with Crippen LogP contribution < -0.4 is 10.2 Å². The van der Waals surface area contributed by atoms with Gasteiger partial charge in [0.15, 0.2) is 0 Å². The fraction of sp³-hybridized carbons (Fsp3) is 0.409. The Morgan fingerprint density at radius 2 is 1.73 bits per heavy atom. The van der Waals surface area contributed by atoms with E-state index in [0.717, 1.165) is 37.8 Å². The lowest BCUT2D eigenvalue weighted by molar-refractivity contribution is -0.137. The first-order valence-electron chi connectivity index (χ1n) is 9.94. The molecule has 0 spiro atoms. The van der Waals surface area contributed by atoms with Gasteiger partial charge in [0.05, 0.1) is 11.3 Å². The molecular formula is C22H22ClF3N2O2. The van der Waals surface area contributed by atoms with Crippen molar-refractivity contribution >= 4 is 23.4 Å². The van der Waals surface area contributed by atoms with Crippen molar-refractivity contribution in [2.45, 2.75) is 43.9 Å². The number of nitrogens with zero attached hydrogens (tertiary/aromatic N) is 1. The maximum absolute atomic E-state index is 12.9. The van der Waals surface area contributed by atoms with Crippen LogP contribution in [0, 0.1) is 5.92 Å². The number of hydrogen-bond donors (Lipinski definition) is 2. The van der Waals surface area contributed by atoms with Gasteiger partial charge < -0.3 is 10.4 Å². The van der Waals surface area contributed by atoms with E-state index in [2.05, 4.69) is 5.32 Å². The second-order valence-corrected chi connectivity index (χ2v) is 8.54. The number of benzene rings is 2. The largest absolute Gasteiger partial charge is 0.465 e. The SMILES string of the molecule is O=C(O)N(C[C@H]1C[C@H]2CC[C@@H](C1)N2)c1ccc(Cl)cc1-c1ccc(C(F)(F)F)cc1. The molecule has 0 saturated carbocycles. The van der Waals surface area contributed by atoms with Crippen molar-refractivity contribution in [2.24, 2.45) is 5.92 Å². The number of nitrogens with one attached hydrogen (secondary N) is 1. The molecule has 160 valence electrons. The molecule has 0 aliphatic carbocycles. The quantitative estimate of drug-likeness (QED) is 0.611. The van der Waals surface area contributed by atoms with Gasteiger partial charge in [0.25, 0.3) is 0 Å². The number of rotatable bonds is 4. The van der Waals surface area contributed by atoms with Gasteiger partial charge in [-0.1, -0.05) is 23.7 Å². The number of alkyl halides is 3. The number of carbonyl (C=O) groups is 1. The summed E-state index contributed by atoms with van der Waals surface area (Å²) in [6, 6.07) is 10.4. The van der Waals surface area contributed by atoms with Crippen molar-refractivity contribution in [3.63, 3.8) is 0 Å². The van der Waals surface area contributed by atoms with Gasteiger partial charge in [-0.15, -0.1) is 0 Å². The van der Waals surface area contributed by atoms with Crippen LogP contribution in [0.25, 0.3) is 11.1 Å². The Balaban J connectivity index is 1.66. The molecule has 2 heterocycles. The lowest BCUT2D eigenvalue weighted by atomic mass is 9.91. The van der Waals surface area contributed by atoms with Gasteiger partial charge in [0, 0.05) is 29.2 Å². The van der Waals surface area contributed by atoms with E-state index in [1.165, 1.54) is 17.0 Å². The molecular weight excluding hydrogens is 417 g/mol. The van der Waals surface area contributed by atoms with E-state index in [-0.39, 0.29) is 5.92 Å². The fourth-order valence-corrected chi connectivity index (χ4v) is 4.85. The van der Waals surface area contributed by atoms with Crippen molar-refractivity contribution < 1.29 is 23.1 Å². The van der Waals surface area contributed by atoms with Gasteiger partial charge in [-0.25, -0.2) is 4.79 Å². The minimum Gasteiger partial charge on any atom is -0.465 e. The molecule has 0 radical (unpaired) electrons. The number of amides is 1. The van der Waals surface area contributed by atoms with E-state index in [1.807, 2.05) is 0 Å². The normalized spacial score (nSPS) is 23.4. The highest BCUT2D eigenvalue weighted by Gasteiger charge is 2.35. The molecule has 2 bridgehead atoms. The minimum absolute atomic E-state index is 0.232. The standard InChI is InChI=1S/C22H22ClF3N2O2/c23-16-5-8-20(19(11-16)14-1-3-15(4-2-14)22(24,25)26)28(21(29)30)12-13-9-17-6-7-18(10-13)27-17/h1-5,8,11,13,17-18,27H,6-7,9-10,12H2,(H,29,30)/t13-,17+,18-. The van der Waals surface area contributed by atoms with Crippen LogP contribution in [0.5, 0.6) is 0 Å². The summed E-state index contributed by atoms with van der Waals surface area (Å²) in [6.07, 6.45) is -1.45. The minimum atomic E-state index is -4.43. The highest BCUT2D eigenvalue weighted by Crippen LogP contribution is 2.38. The van der Waals surface area contributed by atoms with Crippen LogP contribution in [0.15, 0.2) is 42.5 Å². The van der Waals surface area contributed by atoms with Crippen molar-refractivity contribution in [1.29, 1.82) is 0 Å². The monoisotopic (exact) mass is 438 g/mol. The van der Waals surface area contributed by atoms with Crippen LogP contribution in [0.3, 0.4) is 0 Å². The predicted octanol–water partition coefficient (Wildman–Crippen LogP) is 6.04. The number of halogens is 4. The van der Waals surface area contributed by atoms with E-state index in [1.54, 1.807) is 18.2 Å². The van der Waals surface area contributed by atoms with Crippen LogP contribution in [0.4, 0.5) is 23.7 Å². The predicted molar refractivity (Wildman–Crippen MR) is 110 cm³/mol. The Kier molecular flexibility index (Phi) is 5.68. The lowest BCUT2D eigenvalue weighted by Gasteiger charge is -2.33. The second-order valence-electron chi connectivity index (χ2n) is 8.11. The van der Waals surface area contributed by atoms with E-state index in [9.17, 15) is 23.1 Å². The molecule has 2 aromatic rings. The molecule has 30 heavy (non-hydrogen) atoms. The van der Waals surface area contributed by atoms with Gasteiger partial charge >= 0.3 is 12.3 Å². The summed E-state index contributed by atoms with van der Waals surface area (Å²) in [4.78, 5) is 13.4. The average Bonchev–Trinajstić information content (AvgIpc) is 3.03. The Morgan fingerprint density at radius 1 is 1.10 bits per heavy atom. The van der Waals surface area contributed by atoms with Crippen LogP contribution in [-0.2, 0) is 6.18 Å². The van der Waals surface area contributed by atoms with Gasteiger partial charge in [-0.3, -0.25) is 4.90 Å². The molecule has 3 atom stereocenters. The summed E-state index contributed by atoms with van der Waals surface area (Å²) in [7, 11) is 0. The Hall–Kier alpha value is -2.25. The summed E-state index contributed by atoms with van der Waals surface area (Å²) >= 11 is 6.14. The van der Waals surface area contributed by atoms with Gasteiger partial charge in [-0.2, -0.15) is 13.2 Å². The zero-order valence-electron chi connectivity index (χ0n) is 16.1. The summed E-state index contributed by atoms with van der Waals surface area (Å²) in [5.41, 5.74) is 0.653. The zero-order valence-corrected chi connectivity index (χ0v) is 16.9. The Morgan fingerprint density at radius 3 is 2.30 bits per heavy atom. The Labute approximate surface area is 177 Å². The molecule has 2 N–H and O–H groups in total. The molecule has 2 saturated heterocycles. The molecule has 0 aromatic heterocycles. The lowest BCUT2D eigenvalue weighted by Crippen LogP contribution is -2.43. The third-order valence-electron chi connectivity index (χ3n) is 6.02. The van der Waals surface area contributed by atoms with Gasteiger partial charge in [0.1, 0.15) is 0 Å². The first-order valence-corrected chi connectivity index (χ1v) is 10.3. The van der Waals surface area contributed by atoms with Crippen molar-refractivity contribution in [3.05, 3.63) is 53.1 Å². The number of carboxylic acid groups (broad SMARTS) is 1. The zero-order chi connectivity index (χ0) is 21.5. The molecule has 2 aromatic carbocycles. The summed E-state index contributed by atoms with van der Waals surface area (Å²) in [6.45, 7) is 0.347. The van der Waals surface area contributed by atoms with Crippen molar-refractivity contribution in [3.8, 4) is 11.1 Å². The van der Waals surface area contributed by atoms with Crippen LogP contribution >= 0.6 is 11.6 Å². The maximum Gasteiger partial charge on any atom is 0.416 e. The summed E-state index contributed by atoms with van der Waals surface area (Å²) in [5.74, 6) is 0.232. The van der Waals surface area contributed by atoms with E-state index >= 15 is 0 Å². The third-order valence-corrected chi connectivity index (χ3v) is 6.25. The first-order chi connectivity index (χ1) is 14.2. The molecule has 1 amide bonds.